The number of hydrogen-bond acceptors (Lipinski definition) is 6. The van der Waals surface area contributed by atoms with E-state index in [4.69, 9.17) is 14.6 Å². The molecular weight excluding hydrogens is 541 g/mol. The predicted octanol–water partition coefficient (Wildman–Crippen LogP) is 5.35. The first-order valence-corrected chi connectivity index (χ1v) is 18.3. The molecule has 1 aromatic carbocycles. The summed E-state index contributed by atoms with van der Waals surface area (Å²) in [7, 11) is 0.465. The van der Waals surface area contributed by atoms with E-state index in [2.05, 4.69) is 24.5 Å². The van der Waals surface area contributed by atoms with Crippen LogP contribution in [0, 0.1) is 5.82 Å². The number of fused-ring (bicyclic) bond motifs is 1. The van der Waals surface area contributed by atoms with Gasteiger partial charge in [0, 0.05) is 88.9 Å². The first kappa shape index (κ1) is 31.2. The van der Waals surface area contributed by atoms with Crippen molar-refractivity contribution in [3.63, 3.8) is 0 Å². The van der Waals surface area contributed by atoms with Crippen LogP contribution in [0.25, 0.3) is 11.3 Å². The zero-order chi connectivity index (χ0) is 30.1. The molecule has 0 unspecified atom stereocenters. The average molecular weight is 588 g/mol. The Morgan fingerprint density at radius 1 is 1.17 bits per heavy atom. The molecule has 226 valence electrons. The van der Waals surface area contributed by atoms with E-state index in [0.717, 1.165) is 11.6 Å². The molecule has 41 heavy (non-hydrogen) atoms. The quantitative estimate of drug-likeness (QED) is 0.306. The Morgan fingerprint density at radius 3 is 2.56 bits per heavy atom. The van der Waals surface area contributed by atoms with Crippen LogP contribution >= 0.6 is 0 Å². The van der Waals surface area contributed by atoms with Gasteiger partial charge in [0.05, 0.1) is 5.69 Å². The van der Waals surface area contributed by atoms with Crippen LogP contribution < -0.4 is 4.90 Å². The van der Waals surface area contributed by atoms with E-state index in [9.17, 15) is 9.59 Å². The van der Waals surface area contributed by atoms with Gasteiger partial charge < -0.3 is 19.3 Å². The van der Waals surface area contributed by atoms with Crippen molar-refractivity contribution in [3.05, 3.63) is 35.3 Å². The summed E-state index contributed by atoms with van der Waals surface area (Å²) < 4.78 is 29.3. The van der Waals surface area contributed by atoms with Crippen molar-refractivity contribution in [2.75, 3.05) is 38.2 Å². The second kappa shape index (κ2) is 12.2. The minimum absolute atomic E-state index is 0.00951. The van der Waals surface area contributed by atoms with Gasteiger partial charge in [-0.25, -0.2) is 13.9 Å². The number of nitrogens with zero attached hydrogens (tertiary/aromatic N) is 5. The van der Waals surface area contributed by atoms with Crippen molar-refractivity contribution >= 4 is 25.8 Å². The van der Waals surface area contributed by atoms with E-state index < -0.39 is 13.7 Å². The molecule has 1 fully saturated rings. The van der Waals surface area contributed by atoms with E-state index in [1.54, 1.807) is 22.7 Å². The molecular formula is C30H46FN5O4Si. The van der Waals surface area contributed by atoms with Crippen molar-refractivity contribution in [2.24, 2.45) is 0 Å². The average Bonchev–Trinajstić information content (AvgIpc) is 3.25. The lowest BCUT2D eigenvalue weighted by Crippen LogP contribution is -2.54. The van der Waals surface area contributed by atoms with Crippen LogP contribution in [-0.4, -0.2) is 84.6 Å². The number of aromatic nitrogens is 2. The number of amides is 2. The molecule has 0 bridgehead atoms. The van der Waals surface area contributed by atoms with Crippen LogP contribution in [0.4, 0.5) is 14.9 Å². The maximum absolute atomic E-state index is 16.0. The Kier molecular flexibility index (Phi) is 9.30. The first-order chi connectivity index (χ1) is 19.1. The number of hydrogen-bond donors (Lipinski definition) is 0. The van der Waals surface area contributed by atoms with Crippen LogP contribution in [0.5, 0.6) is 0 Å². The number of ether oxygens (including phenoxy) is 2. The van der Waals surface area contributed by atoms with Gasteiger partial charge in [0.15, 0.2) is 0 Å². The Morgan fingerprint density at radius 2 is 1.90 bits per heavy atom. The standard InChI is InChI=1S/C30H46FN5O4Si/c1-21-17-34(13-14-36(21)29(38)40-30(2,3)4)18-22-19-35(20-39-15-16-41(6,7)8)32-28(22)24-9-11-25-23(27(24)31)10-12-26(37)33(25)5/h9,11,19,21H,10,12-18,20H2,1-8H3/t21-/m1/s1. The highest BCUT2D eigenvalue weighted by molar-refractivity contribution is 6.76. The van der Waals surface area contributed by atoms with Crippen LogP contribution in [0.3, 0.4) is 0 Å². The maximum atomic E-state index is 16.0. The summed E-state index contributed by atoms with van der Waals surface area (Å²) in [5, 5.41) is 4.80. The molecule has 2 aliphatic heterocycles. The Hall–Kier alpha value is -2.76. The number of carbonyl (C=O) groups excluding carboxylic acids is 2. The molecule has 1 atom stereocenters. The molecule has 2 aromatic rings. The lowest BCUT2D eigenvalue weighted by Gasteiger charge is -2.40. The van der Waals surface area contributed by atoms with Gasteiger partial charge >= 0.3 is 6.09 Å². The molecule has 0 spiro atoms. The molecule has 0 aliphatic carbocycles. The van der Waals surface area contributed by atoms with Crippen LogP contribution in [0.1, 0.15) is 45.2 Å². The van der Waals surface area contributed by atoms with Crippen LogP contribution in [0.15, 0.2) is 18.3 Å². The van der Waals surface area contributed by atoms with Crippen molar-refractivity contribution < 1.29 is 23.5 Å². The SMILES string of the molecule is C[C@@H]1CN(Cc2cn(COCC[Si](C)(C)C)nc2-c2ccc3c(c2F)CCC(=O)N3C)CCN1C(=O)OC(C)(C)C. The van der Waals surface area contributed by atoms with Gasteiger partial charge in [-0.05, 0) is 52.3 Å². The van der Waals surface area contributed by atoms with E-state index in [0.29, 0.717) is 68.4 Å². The topological polar surface area (TPSA) is 80.1 Å². The molecule has 9 nitrogen and oxygen atoms in total. The molecule has 2 aliphatic rings. The number of piperazine rings is 1. The molecule has 0 N–H and O–H groups in total. The van der Waals surface area contributed by atoms with Gasteiger partial charge in [-0.2, -0.15) is 5.10 Å². The fourth-order valence-electron chi connectivity index (χ4n) is 5.30. The minimum atomic E-state index is -1.22. The molecule has 0 radical (unpaired) electrons. The van der Waals surface area contributed by atoms with Crippen molar-refractivity contribution in [3.8, 4) is 11.3 Å². The highest BCUT2D eigenvalue weighted by Gasteiger charge is 2.32. The smallest absolute Gasteiger partial charge is 0.410 e. The zero-order valence-corrected chi connectivity index (χ0v) is 26.9. The third kappa shape index (κ3) is 7.75. The van der Waals surface area contributed by atoms with Crippen LogP contribution in [0.2, 0.25) is 25.7 Å². The van der Waals surface area contributed by atoms with Gasteiger partial charge in [-0.15, -0.1) is 0 Å². The second-order valence-corrected chi connectivity index (χ2v) is 19.1. The predicted molar refractivity (Wildman–Crippen MR) is 161 cm³/mol. The van der Waals surface area contributed by atoms with Crippen molar-refractivity contribution in [2.45, 2.75) is 91.1 Å². The third-order valence-corrected chi connectivity index (χ3v) is 9.29. The summed E-state index contributed by atoms with van der Waals surface area (Å²) >= 11 is 0. The lowest BCUT2D eigenvalue weighted by atomic mass is 9.96. The summed E-state index contributed by atoms with van der Waals surface area (Å²) in [4.78, 5) is 30.5. The fourth-order valence-corrected chi connectivity index (χ4v) is 6.05. The molecule has 3 heterocycles. The van der Waals surface area contributed by atoms with Gasteiger partial charge in [-0.1, -0.05) is 19.6 Å². The molecule has 4 rings (SSSR count). The van der Waals surface area contributed by atoms with Crippen molar-refractivity contribution in [1.29, 1.82) is 0 Å². The molecule has 0 saturated carbocycles. The van der Waals surface area contributed by atoms with E-state index in [1.165, 1.54) is 4.90 Å². The van der Waals surface area contributed by atoms with Gasteiger partial charge in [0.25, 0.3) is 0 Å². The molecule has 1 saturated heterocycles. The van der Waals surface area contributed by atoms with Crippen LogP contribution in [-0.2, 0) is 34.0 Å². The summed E-state index contributed by atoms with van der Waals surface area (Å²) in [5.74, 6) is -0.333. The van der Waals surface area contributed by atoms with Gasteiger partial charge in [0.2, 0.25) is 5.91 Å². The Balaban J connectivity index is 1.56. The van der Waals surface area contributed by atoms with E-state index in [1.807, 2.05) is 40.0 Å². The number of anilines is 1. The fraction of sp³-hybridized carbons (Fsp3) is 0.633. The Bertz CT molecular complexity index is 1270. The number of carbonyl (C=O) groups is 2. The number of rotatable bonds is 8. The monoisotopic (exact) mass is 587 g/mol. The second-order valence-electron chi connectivity index (χ2n) is 13.5. The maximum Gasteiger partial charge on any atom is 0.410 e. The number of benzene rings is 1. The zero-order valence-electron chi connectivity index (χ0n) is 25.9. The minimum Gasteiger partial charge on any atom is -0.444 e. The summed E-state index contributed by atoms with van der Waals surface area (Å²) in [6.07, 6.45) is 2.31. The largest absolute Gasteiger partial charge is 0.444 e. The summed E-state index contributed by atoms with van der Waals surface area (Å²) in [6.45, 7) is 18.0. The normalized spacial score (nSPS) is 18.6. The Labute approximate surface area is 244 Å². The summed E-state index contributed by atoms with van der Waals surface area (Å²) in [6, 6.07) is 4.57. The first-order valence-electron chi connectivity index (χ1n) is 14.6. The number of halogens is 1. The molecule has 2 amide bonds. The van der Waals surface area contributed by atoms with E-state index in [-0.39, 0.29) is 30.3 Å². The van der Waals surface area contributed by atoms with Gasteiger partial charge in [0.1, 0.15) is 18.1 Å². The highest BCUT2D eigenvalue weighted by atomic mass is 28.3. The molecule has 1 aromatic heterocycles. The van der Waals surface area contributed by atoms with E-state index >= 15 is 4.39 Å². The highest BCUT2D eigenvalue weighted by Crippen LogP contribution is 2.36. The van der Waals surface area contributed by atoms with Crippen molar-refractivity contribution in [1.82, 2.24) is 19.6 Å². The molecule has 11 heteroatoms. The van der Waals surface area contributed by atoms with Gasteiger partial charge in [-0.3, -0.25) is 9.69 Å². The summed E-state index contributed by atoms with van der Waals surface area (Å²) in [5.41, 5.74) is 2.54. The third-order valence-electron chi connectivity index (χ3n) is 7.59. The lowest BCUT2D eigenvalue weighted by molar-refractivity contribution is -0.118.